The number of nitrogens with zero attached hydrogens (tertiary/aromatic N) is 4. The summed E-state index contributed by atoms with van der Waals surface area (Å²) >= 11 is 0. The Morgan fingerprint density at radius 1 is 0.485 bits per heavy atom. The Morgan fingerprint density at radius 3 is 1.39 bits per heavy atom. The van der Waals surface area contributed by atoms with Crippen LogP contribution >= 0.6 is 0 Å². The van der Waals surface area contributed by atoms with Crippen molar-refractivity contribution < 1.29 is 0 Å². The summed E-state index contributed by atoms with van der Waals surface area (Å²) in [5.41, 5.74) is 0. The van der Waals surface area contributed by atoms with Crippen LogP contribution in [-0.2, 0) is 0 Å². The molecule has 6 nitrogen and oxygen atoms in total. The smallest absolute Gasteiger partial charge is 0.231 e. The normalized spacial score (nSPS) is 11.0. The third kappa shape index (κ3) is 15.0. The zero-order chi connectivity index (χ0) is 24.0. The molecule has 0 aliphatic heterocycles. The van der Waals surface area contributed by atoms with Gasteiger partial charge in [-0.2, -0.15) is 15.0 Å². The Kier molecular flexibility index (Phi) is 18.7. The van der Waals surface area contributed by atoms with Crippen LogP contribution in [0.15, 0.2) is 0 Å². The quantitative estimate of drug-likeness (QED) is 0.162. The molecule has 0 amide bonds. The van der Waals surface area contributed by atoms with Crippen LogP contribution in [-0.4, -0.2) is 41.1 Å². The Bertz CT molecular complexity index is 558. The van der Waals surface area contributed by atoms with Gasteiger partial charge in [-0.25, -0.2) is 0 Å². The second kappa shape index (κ2) is 21.0. The molecule has 0 aromatic carbocycles. The van der Waals surface area contributed by atoms with E-state index in [1.165, 1.54) is 77.0 Å². The van der Waals surface area contributed by atoms with Gasteiger partial charge in [0.25, 0.3) is 0 Å². The van der Waals surface area contributed by atoms with Crippen molar-refractivity contribution in [3.05, 3.63) is 0 Å². The number of unbranched alkanes of at least 4 members (excludes halogenated alkanes) is 12. The van der Waals surface area contributed by atoms with E-state index in [4.69, 9.17) is 9.97 Å². The topological polar surface area (TPSA) is 66.0 Å². The van der Waals surface area contributed by atoms with Gasteiger partial charge in [0.1, 0.15) is 0 Å². The fourth-order valence-electron chi connectivity index (χ4n) is 3.86. The monoisotopic (exact) mass is 462 g/mol. The molecule has 1 aromatic heterocycles. The lowest BCUT2D eigenvalue weighted by Gasteiger charge is -2.23. The van der Waals surface area contributed by atoms with Gasteiger partial charge in [-0.15, -0.1) is 0 Å². The second-order valence-corrected chi connectivity index (χ2v) is 9.37. The summed E-state index contributed by atoms with van der Waals surface area (Å²) in [5.74, 6) is 2.24. The first-order valence-electron chi connectivity index (χ1n) is 14.2. The molecule has 0 aliphatic rings. The van der Waals surface area contributed by atoms with Gasteiger partial charge in [0.05, 0.1) is 0 Å². The molecule has 2 N–H and O–H groups in total. The molecule has 0 saturated heterocycles. The zero-order valence-electron chi connectivity index (χ0n) is 22.4. The second-order valence-electron chi connectivity index (χ2n) is 9.37. The van der Waals surface area contributed by atoms with Crippen molar-refractivity contribution in [1.29, 1.82) is 0 Å². The summed E-state index contributed by atoms with van der Waals surface area (Å²) < 4.78 is 0. The minimum Gasteiger partial charge on any atom is -0.354 e. The maximum absolute atomic E-state index is 4.80. The maximum atomic E-state index is 4.80. The molecule has 0 unspecified atom stereocenters. The van der Waals surface area contributed by atoms with Gasteiger partial charge in [-0.1, -0.05) is 105 Å². The molecule has 33 heavy (non-hydrogen) atoms. The van der Waals surface area contributed by atoms with Gasteiger partial charge in [0.2, 0.25) is 17.8 Å². The lowest BCUT2D eigenvalue weighted by atomic mass is 10.1. The summed E-state index contributed by atoms with van der Waals surface area (Å²) in [6.07, 6.45) is 20.5. The average molecular weight is 463 g/mol. The van der Waals surface area contributed by atoms with Crippen LogP contribution in [0.4, 0.5) is 17.8 Å². The first-order valence-corrected chi connectivity index (χ1v) is 14.2. The number of hydrogen-bond acceptors (Lipinski definition) is 6. The van der Waals surface area contributed by atoms with Crippen LogP contribution in [0.3, 0.4) is 0 Å². The molecule has 0 radical (unpaired) electrons. The van der Waals surface area contributed by atoms with E-state index in [2.05, 4.69) is 48.2 Å². The van der Waals surface area contributed by atoms with Crippen molar-refractivity contribution in [2.45, 2.75) is 130 Å². The van der Waals surface area contributed by atoms with Crippen LogP contribution in [0.1, 0.15) is 130 Å². The highest BCUT2D eigenvalue weighted by Gasteiger charge is 2.13. The minimum atomic E-state index is 0.706. The van der Waals surface area contributed by atoms with Crippen molar-refractivity contribution >= 4 is 17.8 Å². The Morgan fingerprint density at radius 2 is 0.909 bits per heavy atom. The number of nitrogens with one attached hydrogen (secondary N) is 2. The van der Waals surface area contributed by atoms with Crippen molar-refractivity contribution in [2.75, 3.05) is 41.7 Å². The van der Waals surface area contributed by atoms with E-state index in [1.807, 2.05) is 0 Å². The van der Waals surface area contributed by atoms with Gasteiger partial charge in [-0.05, 0) is 25.7 Å². The van der Waals surface area contributed by atoms with Crippen molar-refractivity contribution in [3.8, 4) is 0 Å². The molecule has 6 heteroatoms. The van der Waals surface area contributed by atoms with Crippen LogP contribution < -0.4 is 15.5 Å². The SMILES string of the molecule is CCCCCCCCCCCCNc1nc(NCCCC)nc(N(CCCC)CCCC)n1. The standard InChI is InChI=1S/C27H54N6/c1-5-9-13-14-15-16-17-18-19-20-22-29-26-30-25(28-21-10-6-2)31-27(32-26)33(23-11-7-3)24-12-8-4/h5-24H2,1-4H3,(H2,28,29,30,31,32). The number of anilines is 3. The van der Waals surface area contributed by atoms with Crippen molar-refractivity contribution in [2.24, 2.45) is 0 Å². The molecule has 0 saturated carbocycles. The molecular formula is C27H54N6. The summed E-state index contributed by atoms with van der Waals surface area (Å²) in [7, 11) is 0. The number of hydrogen-bond donors (Lipinski definition) is 2. The van der Waals surface area contributed by atoms with E-state index in [0.717, 1.165) is 57.8 Å². The fourth-order valence-corrected chi connectivity index (χ4v) is 3.86. The van der Waals surface area contributed by atoms with E-state index in [0.29, 0.717) is 11.9 Å². The Labute approximate surface area is 205 Å². The van der Waals surface area contributed by atoms with Crippen LogP contribution in [0.5, 0.6) is 0 Å². The molecule has 1 aromatic rings. The molecule has 1 heterocycles. The molecule has 192 valence electrons. The minimum absolute atomic E-state index is 0.706. The molecule has 0 aliphatic carbocycles. The number of aromatic nitrogens is 3. The summed E-state index contributed by atoms with van der Waals surface area (Å²) in [4.78, 5) is 16.6. The molecule has 0 fully saturated rings. The van der Waals surface area contributed by atoms with E-state index >= 15 is 0 Å². The highest BCUT2D eigenvalue weighted by molar-refractivity contribution is 5.43. The van der Waals surface area contributed by atoms with Gasteiger partial charge in [0, 0.05) is 26.2 Å². The van der Waals surface area contributed by atoms with E-state index in [9.17, 15) is 0 Å². The molecule has 0 bridgehead atoms. The number of rotatable bonds is 23. The van der Waals surface area contributed by atoms with Crippen molar-refractivity contribution in [3.63, 3.8) is 0 Å². The predicted molar refractivity (Wildman–Crippen MR) is 146 cm³/mol. The highest BCUT2D eigenvalue weighted by Crippen LogP contribution is 2.16. The maximum Gasteiger partial charge on any atom is 0.231 e. The summed E-state index contributed by atoms with van der Waals surface area (Å²) in [6.45, 7) is 12.8. The molecule has 1 rings (SSSR count). The molecular weight excluding hydrogens is 408 g/mol. The van der Waals surface area contributed by atoms with Crippen LogP contribution in [0.25, 0.3) is 0 Å². The van der Waals surface area contributed by atoms with Gasteiger partial charge in [-0.3, -0.25) is 0 Å². The lowest BCUT2D eigenvalue weighted by Crippen LogP contribution is -2.28. The van der Waals surface area contributed by atoms with E-state index < -0.39 is 0 Å². The van der Waals surface area contributed by atoms with E-state index in [1.54, 1.807) is 0 Å². The highest BCUT2D eigenvalue weighted by atomic mass is 15.3. The van der Waals surface area contributed by atoms with Crippen molar-refractivity contribution in [1.82, 2.24) is 15.0 Å². The van der Waals surface area contributed by atoms with E-state index in [-0.39, 0.29) is 0 Å². The third-order valence-electron chi connectivity index (χ3n) is 6.10. The molecule has 0 atom stereocenters. The van der Waals surface area contributed by atoms with Gasteiger partial charge >= 0.3 is 0 Å². The zero-order valence-corrected chi connectivity index (χ0v) is 22.4. The average Bonchev–Trinajstić information content (AvgIpc) is 2.82. The fraction of sp³-hybridized carbons (Fsp3) is 0.889. The largest absolute Gasteiger partial charge is 0.354 e. The van der Waals surface area contributed by atoms with Crippen LogP contribution in [0.2, 0.25) is 0 Å². The van der Waals surface area contributed by atoms with Gasteiger partial charge < -0.3 is 15.5 Å². The van der Waals surface area contributed by atoms with Gasteiger partial charge in [0.15, 0.2) is 0 Å². The predicted octanol–water partition coefficient (Wildman–Crippen LogP) is 7.82. The molecule has 0 spiro atoms. The third-order valence-corrected chi connectivity index (χ3v) is 6.10. The first kappa shape index (κ1) is 29.4. The first-order chi connectivity index (χ1) is 16.2. The Hall–Kier alpha value is -1.59. The van der Waals surface area contributed by atoms with Crippen LogP contribution in [0, 0.1) is 0 Å². The Balaban J connectivity index is 2.53. The summed E-state index contributed by atoms with van der Waals surface area (Å²) in [6, 6.07) is 0. The lowest BCUT2D eigenvalue weighted by molar-refractivity contribution is 0.559. The summed E-state index contributed by atoms with van der Waals surface area (Å²) in [5, 5.41) is 6.89.